The highest BCUT2D eigenvalue weighted by Crippen LogP contribution is 2.28. The monoisotopic (exact) mass is 262 g/mol. The maximum Gasteiger partial charge on any atom is 0.118 e. The van der Waals surface area contributed by atoms with Crippen molar-refractivity contribution in [1.29, 1.82) is 0 Å². The minimum atomic E-state index is -0.409. The summed E-state index contributed by atoms with van der Waals surface area (Å²) in [5.41, 5.74) is 2.37. The molecule has 1 N–H and O–H groups in total. The number of ether oxygens (including phenoxy) is 1. The second kappa shape index (κ2) is 6.03. The first-order valence-electron chi connectivity index (χ1n) is 6.11. The van der Waals surface area contributed by atoms with Gasteiger partial charge in [-0.15, -0.1) is 11.3 Å². The smallest absolute Gasteiger partial charge is 0.118 e. The Morgan fingerprint density at radius 1 is 1.22 bits per heavy atom. The zero-order valence-electron chi connectivity index (χ0n) is 10.7. The van der Waals surface area contributed by atoms with Crippen molar-refractivity contribution in [2.75, 3.05) is 7.11 Å². The summed E-state index contributed by atoms with van der Waals surface area (Å²) in [6.07, 6.45) is 1.21. The van der Waals surface area contributed by atoms with Gasteiger partial charge in [-0.2, -0.15) is 0 Å². The first-order valence-corrected chi connectivity index (χ1v) is 6.99. The molecule has 2 rings (SSSR count). The van der Waals surface area contributed by atoms with Crippen LogP contribution in [0.5, 0.6) is 5.75 Å². The van der Waals surface area contributed by atoms with Crippen LogP contribution < -0.4 is 4.74 Å². The molecular weight excluding hydrogens is 244 g/mol. The summed E-state index contributed by atoms with van der Waals surface area (Å²) in [6, 6.07) is 9.95. The Morgan fingerprint density at radius 2 is 1.94 bits per heavy atom. The molecule has 0 aliphatic rings. The highest BCUT2D eigenvalue weighted by atomic mass is 32.1. The summed E-state index contributed by atoms with van der Waals surface area (Å²) < 4.78 is 5.12. The first kappa shape index (κ1) is 13.1. The fourth-order valence-electron chi connectivity index (χ4n) is 2.01. The normalized spacial score (nSPS) is 12.4. The Kier molecular flexibility index (Phi) is 4.39. The van der Waals surface area contributed by atoms with Crippen molar-refractivity contribution >= 4 is 11.3 Å². The number of thiophene rings is 1. The van der Waals surface area contributed by atoms with Crippen molar-refractivity contribution in [2.24, 2.45) is 0 Å². The fraction of sp³-hybridized carbons (Fsp3) is 0.333. The second-order valence-corrected chi connectivity index (χ2v) is 5.18. The quantitative estimate of drug-likeness (QED) is 0.892. The van der Waals surface area contributed by atoms with Gasteiger partial charge in [0.1, 0.15) is 5.75 Å². The van der Waals surface area contributed by atoms with E-state index < -0.39 is 6.10 Å². The number of hydrogen-bond acceptors (Lipinski definition) is 3. The van der Waals surface area contributed by atoms with E-state index in [4.69, 9.17) is 4.74 Å². The summed E-state index contributed by atoms with van der Waals surface area (Å²) >= 11 is 1.63. The molecule has 0 aliphatic carbocycles. The van der Waals surface area contributed by atoms with E-state index in [0.717, 1.165) is 22.6 Å². The summed E-state index contributed by atoms with van der Waals surface area (Å²) in [4.78, 5) is 1.09. The van der Waals surface area contributed by atoms with Gasteiger partial charge in [-0.05, 0) is 41.1 Å². The van der Waals surface area contributed by atoms with E-state index >= 15 is 0 Å². The third-order valence-corrected chi connectivity index (χ3v) is 4.11. The zero-order valence-corrected chi connectivity index (χ0v) is 11.5. The molecule has 3 heteroatoms. The van der Waals surface area contributed by atoms with E-state index in [9.17, 15) is 5.11 Å². The fourth-order valence-corrected chi connectivity index (χ4v) is 2.99. The van der Waals surface area contributed by atoms with Crippen LogP contribution in [0.4, 0.5) is 0 Å². The van der Waals surface area contributed by atoms with E-state index in [2.05, 4.69) is 13.0 Å². The van der Waals surface area contributed by atoms with Crippen molar-refractivity contribution in [3.63, 3.8) is 0 Å². The molecule has 0 aliphatic heterocycles. The highest BCUT2D eigenvalue weighted by molar-refractivity contribution is 7.10. The average Bonchev–Trinajstić information content (AvgIpc) is 2.88. The number of methoxy groups -OCH3 is 1. The molecule has 1 atom stereocenters. The van der Waals surface area contributed by atoms with Crippen molar-refractivity contribution in [2.45, 2.75) is 25.9 Å². The standard InChI is InChI=1S/C15H18O2S/c1-3-12-8-9-18-15(12)14(16)10-11-4-6-13(17-2)7-5-11/h4-9,14,16H,3,10H2,1-2H3. The van der Waals surface area contributed by atoms with E-state index in [1.165, 1.54) is 5.56 Å². The van der Waals surface area contributed by atoms with E-state index in [1.54, 1.807) is 18.4 Å². The lowest BCUT2D eigenvalue weighted by Gasteiger charge is -2.11. The molecule has 0 radical (unpaired) electrons. The van der Waals surface area contributed by atoms with Crippen molar-refractivity contribution < 1.29 is 9.84 Å². The molecule has 0 saturated heterocycles. The maximum absolute atomic E-state index is 10.3. The van der Waals surface area contributed by atoms with Crippen molar-refractivity contribution in [1.82, 2.24) is 0 Å². The molecule has 2 nitrogen and oxygen atoms in total. The SMILES string of the molecule is CCc1ccsc1C(O)Cc1ccc(OC)cc1. The second-order valence-electron chi connectivity index (χ2n) is 4.23. The maximum atomic E-state index is 10.3. The van der Waals surface area contributed by atoms with E-state index in [0.29, 0.717) is 6.42 Å². The van der Waals surface area contributed by atoms with E-state index in [1.807, 2.05) is 29.6 Å². The van der Waals surface area contributed by atoms with Gasteiger partial charge in [-0.3, -0.25) is 0 Å². The van der Waals surface area contributed by atoms with Gasteiger partial charge in [-0.1, -0.05) is 19.1 Å². The molecule has 96 valence electrons. The van der Waals surface area contributed by atoms with Crippen LogP contribution in [-0.4, -0.2) is 12.2 Å². The molecule has 0 amide bonds. The molecule has 1 aromatic heterocycles. The van der Waals surface area contributed by atoms with E-state index in [-0.39, 0.29) is 0 Å². The van der Waals surface area contributed by atoms with Gasteiger partial charge in [0.25, 0.3) is 0 Å². The number of hydrogen-bond donors (Lipinski definition) is 1. The summed E-state index contributed by atoms with van der Waals surface area (Å²) in [5.74, 6) is 0.846. The zero-order chi connectivity index (χ0) is 13.0. The van der Waals surface area contributed by atoms with Gasteiger partial charge in [0, 0.05) is 11.3 Å². The predicted molar refractivity (Wildman–Crippen MR) is 75.4 cm³/mol. The van der Waals surface area contributed by atoms with Gasteiger partial charge < -0.3 is 9.84 Å². The third-order valence-electron chi connectivity index (χ3n) is 3.05. The molecule has 0 bridgehead atoms. The van der Waals surface area contributed by atoms with Crippen molar-refractivity contribution in [3.8, 4) is 5.75 Å². The lowest BCUT2D eigenvalue weighted by molar-refractivity contribution is 0.181. The largest absolute Gasteiger partial charge is 0.497 e. The molecule has 0 saturated carbocycles. The minimum Gasteiger partial charge on any atom is -0.497 e. The molecule has 1 aromatic carbocycles. The topological polar surface area (TPSA) is 29.5 Å². The molecular formula is C15H18O2S. The first-order chi connectivity index (χ1) is 8.74. The van der Waals surface area contributed by atoms with Crippen LogP contribution >= 0.6 is 11.3 Å². The number of rotatable bonds is 5. The van der Waals surface area contributed by atoms with Gasteiger partial charge in [0.15, 0.2) is 0 Å². The van der Waals surface area contributed by atoms with Gasteiger partial charge in [0.2, 0.25) is 0 Å². The van der Waals surface area contributed by atoms with Crippen LogP contribution in [0, 0.1) is 0 Å². The van der Waals surface area contributed by atoms with Crippen LogP contribution in [0.2, 0.25) is 0 Å². The van der Waals surface area contributed by atoms with Gasteiger partial charge in [0.05, 0.1) is 13.2 Å². The van der Waals surface area contributed by atoms with Gasteiger partial charge in [-0.25, -0.2) is 0 Å². The van der Waals surface area contributed by atoms with Gasteiger partial charge >= 0.3 is 0 Å². The lowest BCUT2D eigenvalue weighted by atomic mass is 10.0. The Morgan fingerprint density at radius 3 is 2.56 bits per heavy atom. The molecule has 1 heterocycles. The third kappa shape index (κ3) is 2.92. The predicted octanol–water partition coefficient (Wildman–Crippen LogP) is 3.60. The summed E-state index contributed by atoms with van der Waals surface area (Å²) in [5, 5.41) is 12.3. The average molecular weight is 262 g/mol. The Hall–Kier alpha value is -1.32. The van der Waals surface area contributed by atoms with Crippen molar-refractivity contribution in [3.05, 3.63) is 51.7 Å². The Bertz CT molecular complexity index is 487. The van der Waals surface area contributed by atoms with Crippen LogP contribution in [0.15, 0.2) is 35.7 Å². The Balaban J connectivity index is 2.08. The number of benzene rings is 1. The van der Waals surface area contributed by atoms with Crippen LogP contribution in [0.3, 0.4) is 0 Å². The molecule has 1 unspecified atom stereocenters. The van der Waals surface area contributed by atoms with Crippen LogP contribution in [0.25, 0.3) is 0 Å². The molecule has 0 spiro atoms. The summed E-state index contributed by atoms with van der Waals surface area (Å²) in [7, 11) is 1.66. The minimum absolute atomic E-state index is 0.409. The number of aliphatic hydroxyl groups excluding tert-OH is 1. The Labute approximate surface area is 112 Å². The van der Waals surface area contributed by atoms with Crippen LogP contribution in [0.1, 0.15) is 29.0 Å². The highest BCUT2D eigenvalue weighted by Gasteiger charge is 2.13. The number of aliphatic hydroxyl groups is 1. The summed E-state index contributed by atoms with van der Waals surface area (Å²) in [6.45, 7) is 2.12. The molecule has 2 aromatic rings. The molecule has 0 fully saturated rings. The van der Waals surface area contributed by atoms with Crippen LogP contribution in [-0.2, 0) is 12.8 Å². The number of aryl methyl sites for hydroxylation is 1. The molecule has 18 heavy (non-hydrogen) atoms. The lowest BCUT2D eigenvalue weighted by Crippen LogP contribution is -2.02.